The van der Waals surface area contributed by atoms with Gasteiger partial charge in [0.25, 0.3) is 0 Å². The minimum atomic E-state index is 0.307. The summed E-state index contributed by atoms with van der Waals surface area (Å²) in [6.07, 6.45) is 5.43. The molecule has 1 aliphatic carbocycles. The van der Waals surface area contributed by atoms with E-state index < -0.39 is 0 Å². The van der Waals surface area contributed by atoms with Crippen molar-refractivity contribution in [2.75, 3.05) is 20.1 Å². The predicted molar refractivity (Wildman–Crippen MR) is 79.7 cm³/mol. The van der Waals surface area contributed by atoms with Crippen LogP contribution in [-0.2, 0) is 6.54 Å². The van der Waals surface area contributed by atoms with Crippen LogP contribution in [0.15, 0.2) is 18.2 Å². The third-order valence-corrected chi connectivity index (χ3v) is 4.18. The number of rotatable bonds is 6. The molecule has 0 amide bonds. The Hall–Kier alpha value is -0.770. The number of phenolic OH excluding ortho intramolecular Hbond substituents is 1. The highest BCUT2D eigenvalue weighted by molar-refractivity contribution is 6.30. The van der Waals surface area contributed by atoms with Crippen LogP contribution in [0.5, 0.6) is 5.75 Å². The first-order valence-electron chi connectivity index (χ1n) is 7.05. The van der Waals surface area contributed by atoms with Gasteiger partial charge in [0.15, 0.2) is 0 Å². The number of nitrogens with one attached hydrogen (secondary N) is 1. The first-order valence-corrected chi connectivity index (χ1v) is 7.43. The molecule has 0 aromatic heterocycles. The van der Waals surface area contributed by atoms with Crippen molar-refractivity contribution in [1.29, 1.82) is 0 Å². The first kappa shape index (κ1) is 14.6. The molecular formula is C15H23ClN2O. The van der Waals surface area contributed by atoms with Gasteiger partial charge in [0.05, 0.1) is 0 Å². The number of likely N-dealkylation sites (N-methyl/N-ethyl adjacent to an activating group) is 1. The highest BCUT2D eigenvalue weighted by Gasteiger charge is 2.18. The molecule has 19 heavy (non-hydrogen) atoms. The van der Waals surface area contributed by atoms with Gasteiger partial charge in [-0.05, 0) is 38.1 Å². The van der Waals surface area contributed by atoms with E-state index in [4.69, 9.17) is 11.6 Å². The van der Waals surface area contributed by atoms with Gasteiger partial charge in [-0.2, -0.15) is 0 Å². The minimum absolute atomic E-state index is 0.307. The standard InChI is InChI=1S/C15H23ClN2O/c1-18(14-4-2-3-5-14)9-8-17-11-12-10-13(16)6-7-15(12)19/h6-7,10,14,17,19H,2-5,8-9,11H2,1H3. The van der Waals surface area contributed by atoms with Crippen LogP contribution in [0.2, 0.25) is 5.02 Å². The Morgan fingerprint density at radius 3 is 2.84 bits per heavy atom. The Kier molecular flexibility index (Phi) is 5.49. The molecule has 1 aromatic carbocycles. The normalized spacial score (nSPS) is 16.4. The van der Waals surface area contributed by atoms with Crippen molar-refractivity contribution in [3.05, 3.63) is 28.8 Å². The lowest BCUT2D eigenvalue weighted by Gasteiger charge is -2.24. The molecule has 0 spiro atoms. The highest BCUT2D eigenvalue weighted by Crippen LogP contribution is 2.22. The maximum atomic E-state index is 9.71. The molecule has 2 rings (SSSR count). The quantitative estimate of drug-likeness (QED) is 0.788. The topological polar surface area (TPSA) is 35.5 Å². The maximum Gasteiger partial charge on any atom is 0.120 e. The summed E-state index contributed by atoms with van der Waals surface area (Å²) in [6.45, 7) is 2.63. The highest BCUT2D eigenvalue weighted by atomic mass is 35.5. The van der Waals surface area contributed by atoms with Gasteiger partial charge in [0.2, 0.25) is 0 Å². The number of nitrogens with zero attached hydrogens (tertiary/aromatic N) is 1. The minimum Gasteiger partial charge on any atom is -0.508 e. The summed E-state index contributed by atoms with van der Waals surface area (Å²) in [5.41, 5.74) is 0.857. The summed E-state index contributed by atoms with van der Waals surface area (Å²) in [4.78, 5) is 2.44. The van der Waals surface area contributed by atoms with E-state index in [0.717, 1.165) is 24.7 Å². The van der Waals surface area contributed by atoms with Gasteiger partial charge in [-0.25, -0.2) is 0 Å². The van der Waals surface area contributed by atoms with E-state index >= 15 is 0 Å². The van der Waals surface area contributed by atoms with Crippen molar-refractivity contribution >= 4 is 11.6 Å². The van der Waals surface area contributed by atoms with Gasteiger partial charge < -0.3 is 15.3 Å². The van der Waals surface area contributed by atoms with E-state index in [1.807, 2.05) is 6.07 Å². The smallest absolute Gasteiger partial charge is 0.120 e. The van der Waals surface area contributed by atoms with E-state index in [2.05, 4.69) is 17.3 Å². The van der Waals surface area contributed by atoms with Crippen LogP contribution in [0.4, 0.5) is 0 Å². The lowest BCUT2D eigenvalue weighted by atomic mass is 10.2. The Labute approximate surface area is 120 Å². The average molecular weight is 283 g/mol. The zero-order valence-corrected chi connectivity index (χ0v) is 12.3. The number of hydrogen-bond acceptors (Lipinski definition) is 3. The molecule has 0 saturated heterocycles. The Bertz CT molecular complexity index is 405. The summed E-state index contributed by atoms with van der Waals surface area (Å²) in [7, 11) is 2.20. The summed E-state index contributed by atoms with van der Waals surface area (Å²) in [5, 5.41) is 13.7. The summed E-state index contributed by atoms with van der Waals surface area (Å²) < 4.78 is 0. The second-order valence-corrected chi connectivity index (χ2v) is 5.81. The third-order valence-electron chi connectivity index (χ3n) is 3.95. The fourth-order valence-electron chi connectivity index (χ4n) is 2.70. The third kappa shape index (κ3) is 4.37. The lowest BCUT2D eigenvalue weighted by molar-refractivity contribution is 0.245. The Morgan fingerprint density at radius 2 is 2.11 bits per heavy atom. The maximum absolute atomic E-state index is 9.71. The number of hydrogen-bond donors (Lipinski definition) is 2. The molecule has 1 aromatic rings. The van der Waals surface area contributed by atoms with Crippen molar-refractivity contribution in [3.63, 3.8) is 0 Å². The summed E-state index contributed by atoms with van der Waals surface area (Å²) >= 11 is 5.92. The molecule has 0 aliphatic heterocycles. The predicted octanol–water partition coefficient (Wildman–Crippen LogP) is 3.01. The van der Waals surface area contributed by atoms with Crippen LogP contribution in [0.3, 0.4) is 0 Å². The Balaban J connectivity index is 1.70. The van der Waals surface area contributed by atoms with Gasteiger partial charge in [0, 0.05) is 36.3 Å². The molecule has 2 N–H and O–H groups in total. The van der Waals surface area contributed by atoms with Crippen molar-refractivity contribution < 1.29 is 5.11 Å². The molecule has 1 fully saturated rings. The van der Waals surface area contributed by atoms with E-state index in [0.29, 0.717) is 17.3 Å². The summed E-state index contributed by atoms with van der Waals surface area (Å²) in [5.74, 6) is 0.307. The van der Waals surface area contributed by atoms with Crippen LogP contribution in [0.1, 0.15) is 31.2 Å². The van der Waals surface area contributed by atoms with Crippen molar-refractivity contribution in [2.24, 2.45) is 0 Å². The molecule has 0 atom stereocenters. The van der Waals surface area contributed by atoms with E-state index in [9.17, 15) is 5.11 Å². The van der Waals surface area contributed by atoms with E-state index in [-0.39, 0.29) is 0 Å². The SMILES string of the molecule is CN(CCNCc1cc(Cl)ccc1O)C1CCCC1. The fourth-order valence-corrected chi connectivity index (χ4v) is 2.90. The van der Waals surface area contributed by atoms with Gasteiger partial charge in [-0.1, -0.05) is 24.4 Å². The molecule has 3 nitrogen and oxygen atoms in total. The van der Waals surface area contributed by atoms with Gasteiger partial charge >= 0.3 is 0 Å². The van der Waals surface area contributed by atoms with E-state index in [1.165, 1.54) is 25.7 Å². The molecule has 0 radical (unpaired) electrons. The lowest BCUT2D eigenvalue weighted by Crippen LogP contribution is -2.35. The molecule has 1 aliphatic rings. The zero-order valence-electron chi connectivity index (χ0n) is 11.5. The van der Waals surface area contributed by atoms with Gasteiger partial charge in [-0.15, -0.1) is 0 Å². The largest absolute Gasteiger partial charge is 0.508 e. The number of phenols is 1. The molecule has 1 saturated carbocycles. The van der Waals surface area contributed by atoms with Crippen LogP contribution in [0, 0.1) is 0 Å². The van der Waals surface area contributed by atoms with Gasteiger partial charge in [-0.3, -0.25) is 0 Å². The second kappa shape index (κ2) is 7.13. The van der Waals surface area contributed by atoms with Crippen LogP contribution < -0.4 is 5.32 Å². The van der Waals surface area contributed by atoms with E-state index in [1.54, 1.807) is 12.1 Å². The number of benzene rings is 1. The fraction of sp³-hybridized carbons (Fsp3) is 0.600. The molecule has 0 heterocycles. The number of halogens is 1. The monoisotopic (exact) mass is 282 g/mol. The zero-order chi connectivity index (χ0) is 13.7. The second-order valence-electron chi connectivity index (χ2n) is 5.37. The molecule has 106 valence electrons. The number of aromatic hydroxyl groups is 1. The van der Waals surface area contributed by atoms with Crippen molar-refractivity contribution in [1.82, 2.24) is 10.2 Å². The molecular weight excluding hydrogens is 260 g/mol. The van der Waals surface area contributed by atoms with Crippen molar-refractivity contribution in [3.8, 4) is 5.75 Å². The molecule has 0 unspecified atom stereocenters. The van der Waals surface area contributed by atoms with Crippen molar-refractivity contribution in [2.45, 2.75) is 38.3 Å². The molecule has 0 bridgehead atoms. The van der Waals surface area contributed by atoms with Crippen LogP contribution >= 0.6 is 11.6 Å². The summed E-state index contributed by atoms with van der Waals surface area (Å²) in [6, 6.07) is 5.92. The average Bonchev–Trinajstić information content (AvgIpc) is 2.92. The van der Waals surface area contributed by atoms with Gasteiger partial charge in [0.1, 0.15) is 5.75 Å². The van der Waals surface area contributed by atoms with Crippen LogP contribution in [-0.4, -0.2) is 36.2 Å². The Morgan fingerprint density at radius 1 is 1.37 bits per heavy atom. The first-order chi connectivity index (χ1) is 9.16. The molecule has 4 heteroatoms. The van der Waals surface area contributed by atoms with Crippen LogP contribution in [0.25, 0.3) is 0 Å².